The Hall–Kier alpha value is -1.55. The molecule has 0 unspecified atom stereocenters. The van der Waals surface area contributed by atoms with Crippen LogP contribution in [-0.4, -0.2) is 29.8 Å². The Morgan fingerprint density at radius 3 is 2.58 bits per heavy atom. The summed E-state index contributed by atoms with van der Waals surface area (Å²) in [6.45, 7) is 3.19. The molecule has 1 heterocycles. The second-order valence-electron chi connectivity index (χ2n) is 4.77. The maximum Gasteiger partial charge on any atom is 0.313 e. The summed E-state index contributed by atoms with van der Waals surface area (Å²) < 4.78 is 0. The van der Waals surface area contributed by atoms with Crippen molar-refractivity contribution in [1.29, 1.82) is 0 Å². The van der Waals surface area contributed by atoms with E-state index in [9.17, 15) is 9.59 Å². The third kappa shape index (κ3) is 3.47. The Morgan fingerprint density at radius 1 is 1.21 bits per heavy atom. The van der Waals surface area contributed by atoms with Crippen LogP contribution in [0.15, 0.2) is 18.2 Å². The second-order valence-corrected chi connectivity index (χ2v) is 5.20. The second kappa shape index (κ2) is 6.06. The number of piperidine rings is 1. The fourth-order valence-electron chi connectivity index (χ4n) is 2.15. The maximum absolute atomic E-state index is 12.0. The Kier molecular flexibility index (Phi) is 4.43. The monoisotopic (exact) mass is 280 g/mol. The molecule has 1 aliphatic heterocycles. The zero-order valence-electron chi connectivity index (χ0n) is 10.9. The lowest BCUT2D eigenvalue weighted by Crippen LogP contribution is -2.42. The molecule has 1 aromatic carbocycles. The van der Waals surface area contributed by atoms with Crippen molar-refractivity contribution in [3.63, 3.8) is 0 Å². The molecule has 102 valence electrons. The molecule has 0 radical (unpaired) electrons. The molecule has 4 nitrogen and oxygen atoms in total. The van der Waals surface area contributed by atoms with Gasteiger partial charge in [-0.2, -0.15) is 0 Å². The van der Waals surface area contributed by atoms with Crippen molar-refractivity contribution in [2.45, 2.75) is 26.2 Å². The molecule has 1 saturated heterocycles. The van der Waals surface area contributed by atoms with Gasteiger partial charge in [-0.15, -0.1) is 0 Å². The van der Waals surface area contributed by atoms with Crippen LogP contribution in [-0.2, 0) is 9.59 Å². The quantitative estimate of drug-likeness (QED) is 0.804. The minimum Gasteiger partial charge on any atom is -0.334 e. The highest BCUT2D eigenvalue weighted by Crippen LogP contribution is 2.20. The van der Waals surface area contributed by atoms with Crippen LogP contribution in [0.4, 0.5) is 5.69 Å². The van der Waals surface area contributed by atoms with Gasteiger partial charge in [0.05, 0.1) is 0 Å². The number of anilines is 1. The van der Waals surface area contributed by atoms with Crippen LogP contribution in [0.3, 0.4) is 0 Å². The van der Waals surface area contributed by atoms with E-state index in [1.54, 1.807) is 17.0 Å². The summed E-state index contributed by atoms with van der Waals surface area (Å²) in [4.78, 5) is 25.5. The Balaban J connectivity index is 2.03. The summed E-state index contributed by atoms with van der Waals surface area (Å²) >= 11 is 5.88. The normalized spacial score (nSPS) is 15.2. The maximum atomic E-state index is 12.0. The number of carbonyl (C=O) groups excluding carboxylic acids is 2. The first-order valence-electron chi connectivity index (χ1n) is 6.44. The van der Waals surface area contributed by atoms with E-state index < -0.39 is 11.8 Å². The average Bonchev–Trinajstić information content (AvgIpc) is 2.43. The van der Waals surface area contributed by atoms with Crippen molar-refractivity contribution in [2.75, 3.05) is 18.4 Å². The smallest absolute Gasteiger partial charge is 0.313 e. The third-order valence-electron chi connectivity index (χ3n) is 3.29. The molecule has 1 N–H and O–H groups in total. The number of hydrogen-bond acceptors (Lipinski definition) is 2. The van der Waals surface area contributed by atoms with Crippen molar-refractivity contribution in [3.05, 3.63) is 28.8 Å². The van der Waals surface area contributed by atoms with E-state index in [0.717, 1.165) is 24.8 Å². The topological polar surface area (TPSA) is 49.4 Å². The standard InChI is InChI=1S/C14H17ClN2O2/c1-10-5-6-11(15)9-12(10)16-13(18)14(19)17-7-3-2-4-8-17/h5-6,9H,2-4,7-8H2,1H3,(H,16,18). The van der Waals surface area contributed by atoms with Crippen molar-refractivity contribution >= 4 is 29.1 Å². The van der Waals surface area contributed by atoms with E-state index in [4.69, 9.17) is 11.6 Å². The fraction of sp³-hybridized carbons (Fsp3) is 0.429. The number of rotatable bonds is 1. The van der Waals surface area contributed by atoms with Gasteiger partial charge in [0.15, 0.2) is 0 Å². The number of likely N-dealkylation sites (tertiary alicyclic amines) is 1. The predicted octanol–water partition coefficient (Wildman–Crippen LogP) is 2.60. The molecule has 0 aliphatic carbocycles. The van der Waals surface area contributed by atoms with E-state index in [1.807, 2.05) is 13.0 Å². The summed E-state index contributed by atoms with van der Waals surface area (Å²) in [6.07, 6.45) is 3.06. The van der Waals surface area contributed by atoms with Crippen LogP contribution in [0.1, 0.15) is 24.8 Å². The zero-order valence-corrected chi connectivity index (χ0v) is 11.7. The lowest BCUT2D eigenvalue weighted by atomic mass is 10.1. The molecule has 0 spiro atoms. The first-order valence-corrected chi connectivity index (χ1v) is 6.82. The van der Waals surface area contributed by atoms with Gasteiger partial charge in [-0.25, -0.2) is 0 Å². The van der Waals surface area contributed by atoms with E-state index in [-0.39, 0.29) is 0 Å². The molecule has 1 aromatic rings. The van der Waals surface area contributed by atoms with E-state index in [0.29, 0.717) is 23.8 Å². The molecule has 1 aliphatic rings. The minimum atomic E-state index is -0.590. The molecule has 0 saturated carbocycles. The zero-order chi connectivity index (χ0) is 13.8. The van der Waals surface area contributed by atoms with Gasteiger partial charge in [-0.3, -0.25) is 9.59 Å². The van der Waals surface area contributed by atoms with Crippen LogP contribution < -0.4 is 5.32 Å². The number of halogens is 1. The highest BCUT2D eigenvalue weighted by Gasteiger charge is 2.23. The van der Waals surface area contributed by atoms with Gasteiger partial charge in [0.25, 0.3) is 0 Å². The number of amides is 2. The summed E-state index contributed by atoms with van der Waals surface area (Å²) in [6, 6.07) is 5.21. The molecule has 0 bridgehead atoms. The van der Waals surface area contributed by atoms with Gasteiger partial charge in [0.1, 0.15) is 0 Å². The highest BCUT2D eigenvalue weighted by atomic mass is 35.5. The van der Waals surface area contributed by atoms with Crippen LogP contribution in [0.2, 0.25) is 5.02 Å². The summed E-state index contributed by atoms with van der Waals surface area (Å²) in [7, 11) is 0. The summed E-state index contributed by atoms with van der Waals surface area (Å²) in [5.74, 6) is -1.05. The van der Waals surface area contributed by atoms with Crippen LogP contribution in [0.5, 0.6) is 0 Å². The fourth-order valence-corrected chi connectivity index (χ4v) is 2.32. The molecule has 5 heteroatoms. The Labute approximate surface area is 117 Å². The SMILES string of the molecule is Cc1ccc(Cl)cc1NC(=O)C(=O)N1CCCCC1. The highest BCUT2D eigenvalue weighted by molar-refractivity contribution is 6.39. The van der Waals surface area contributed by atoms with Crippen molar-refractivity contribution < 1.29 is 9.59 Å². The molecular weight excluding hydrogens is 264 g/mol. The van der Waals surface area contributed by atoms with E-state index >= 15 is 0 Å². The minimum absolute atomic E-state index is 0.459. The Bertz CT molecular complexity index is 496. The first-order chi connectivity index (χ1) is 9.08. The third-order valence-corrected chi connectivity index (χ3v) is 3.52. The van der Waals surface area contributed by atoms with Gasteiger partial charge in [0.2, 0.25) is 0 Å². The van der Waals surface area contributed by atoms with Crippen LogP contribution in [0, 0.1) is 6.92 Å². The lowest BCUT2D eigenvalue weighted by molar-refractivity contribution is -0.143. The summed E-state index contributed by atoms with van der Waals surface area (Å²) in [5, 5.41) is 3.17. The van der Waals surface area contributed by atoms with Gasteiger partial charge < -0.3 is 10.2 Å². The van der Waals surface area contributed by atoms with Crippen LogP contribution in [0.25, 0.3) is 0 Å². The van der Waals surface area contributed by atoms with Gasteiger partial charge in [-0.1, -0.05) is 17.7 Å². The molecule has 19 heavy (non-hydrogen) atoms. The largest absolute Gasteiger partial charge is 0.334 e. The van der Waals surface area contributed by atoms with E-state index in [1.165, 1.54) is 0 Å². The van der Waals surface area contributed by atoms with Gasteiger partial charge in [0, 0.05) is 23.8 Å². The first kappa shape index (κ1) is 13.9. The number of hydrogen-bond donors (Lipinski definition) is 1. The van der Waals surface area contributed by atoms with Crippen molar-refractivity contribution in [1.82, 2.24) is 4.90 Å². The Morgan fingerprint density at radius 2 is 1.89 bits per heavy atom. The molecule has 2 rings (SSSR count). The van der Waals surface area contributed by atoms with Crippen molar-refractivity contribution in [3.8, 4) is 0 Å². The number of aryl methyl sites for hydroxylation is 1. The van der Waals surface area contributed by atoms with Gasteiger partial charge >= 0.3 is 11.8 Å². The molecule has 1 fully saturated rings. The number of nitrogens with one attached hydrogen (secondary N) is 1. The predicted molar refractivity (Wildman–Crippen MR) is 75.2 cm³/mol. The average molecular weight is 281 g/mol. The van der Waals surface area contributed by atoms with Crippen LogP contribution >= 0.6 is 11.6 Å². The van der Waals surface area contributed by atoms with Gasteiger partial charge in [-0.05, 0) is 43.9 Å². The molecule has 2 amide bonds. The number of carbonyl (C=O) groups is 2. The lowest BCUT2D eigenvalue weighted by Gasteiger charge is -2.26. The number of benzene rings is 1. The summed E-state index contributed by atoms with van der Waals surface area (Å²) in [5.41, 5.74) is 1.46. The molecule has 0 atom stereocenters. The number of nitrogens with zero attached hydrogens (tertiary/aromatic N) is 1. The molecule has 0 aromatic heterocycles. The van der Waals surface area contributed by atoms with Crippen molar-refractivity contribution in [2.24, 2.45) is 0 Å². The van der Waals surface area contributed by atoms with E-state index in [2.05, 4.69) is 5.32 Å². The molecular formula is C14H17ClN2O2.